The molecule has 1 amide bonds. The number of amides is 1. The Morgan fingerprint density at radius 3 is 2.62 bits per heavy atom. The molecule has 9 nitrogen and oxygen atoms in total. The molecule has 0 atom stereocenters. The number of primary amides is 1. The van der Waals surface area contributed by atoms with E-state index < -0.39 is 27.9 Å². The Kier molecular flexibility index (Phi) is 4.79. The van der Waals surface area contributed by atoms with Gasteiger partial charge in [0.2, 0.25) is 5.82 Å². The molecule has 1 aromatic rings. The summed E-state index contributed by atoms with van der Waals surface area (Å²) >= 11 is 0. The van der Waals surface area contributed by atoms with Gasteiger partial charge in [-0.1, -0.05) is 0 Å². The number of aliphatic carboxylic acids is 1. The lowest BCUT2D eigenvalue weighted by atomic mass is 9.90. The first-order chi connectivity index (χ1) is 9.66. The molecule has 0 aliphatic heterocycles. The molecule has 0 fully saturated rings. The van der Waals surface area contributed by atoms with Gasteiger partial charge in [-0.25, -0.2) is 4.98 Å². The molecule has 0 saturated heterocycles. The lowest BCUT2D eigenvalue weighted by molar-refractivity contribution is -0.384. The Bertz CT molecular complexity index is 585. The molecule has 9 heteroatoms. The van der Waals surface area contributed by atoms with Gasteiger partial charge >= 0.3 is 11.7 Å². The van der Waals surface area contributed by atoms with E-state index >= 15 is 0 Å². The summed E-state index contributed by atoms with van der Waals surface area (Å²) in [5, 5.41) is 22.7. The molecule has 0 radical (unpaired) electrons. The van der Waals surface area contributed by atoms with Crippen molar-refractivity contribution in [3.63, 3.8) is 0 Å². The van der Waals surface area contributed by atoms with Gasteiger partial charge in [0.05, 0.1) is 10.3 Å². The summed E-state index contributed by atoms with van der Waals surface area (Å²) in [7, 11) is 0. The van der Waals surface area contributed by atoms with E-state index in [4.69, 9.17) is 10.8 Å². The molecule has 21 heavy (non-hydrogen) atoms. The highest BCUT2D eigenvalue weighted by atomic mass is 16.6. The van der Waals surface area contributed by atoms with Crippen molar-refractivity contribution in [3.05, 3.63) is 27.9 Å². The van der Waals surface area contributed by atoms with Crippen LogP contribution >= 0.6 is 0 Å². The van der Waals surface area contributed by atoms with Gasteiger partial charge in [0.25, 0.3) is 5.91 Å². The third kappa shape index (κ3) is 3.88. The van der Waals surface area contributed by atoms with Crippen molar-refractivity contribution in [2.24, 2.45) is 11.1 Å². The first kappa shape index (κ1) is 16.3. The molecule has 0 aliphatic carbocycles. The van der Waals surface area contributed by atoms with E-state index in [9.17, 15) is 19.7 Å². The fourth-order valence-corrected chi connectivity index (χ4v) is 1.57. The largest absolute Gasteiger partial charge is 0.481 e. The van der Waals surface area contributed by atoms with Crippen molar-refractivity contribution in [2.75, 3.05) is 11.9 Å². The lowest BCUT2D eigenvalue weighted by Gasteiger charge is -2.19. The molecule has 0 unspecified atom stereocenters. The summed E-state index contributed by atoms with van der Waals surface area (Å²) in [6, 6.07) is 1.16. The number of carboxylic acids is 1. The van der Waals surface area contributed by atoms with E-state index in [1.54, 1.807) is 13.8 Å². The van der Waals surface area contributed by atoms with E-state index in [2.05, 4.69) is 10.3 Å². The van der Waals surface area contributed by atoms with Crippen molar-refractivity contribution in [1.29, 1.82) is 0 Å². The molecule has 0 spiro atoms. The quantitative estimate of drug-likeness (QED) is 0.502. The molecule has 0 saturated carbocycles. The van der Waals surface area contributed by atoms with Crippen molar-refractivity contribution in [2.45, 2.75) is 20.3 Å². The fraction of sp³-hybridized carbons (Fsp3) is 0.417. The molecular weight excluding hydrogens is 280 g/mol. The van der Waals surface area contributed by atoms with Crippen LogP contribution in [0.25, 0.3) is 0 Å². The van der Waals surface area contributed by atoms with E-state index in [-0.39, 0.29) is 24.3 Å². The number of pyridine rings is 1. The molecule has 1 aromatic heterocycles. The Labute approximate surface area is 120 Å². The van der Waals surface area contributed by atoms with Crippen molar-refractivity contribution in [3.8, 4) is 0 Å². The topological polar surface area (TPSA) is 148 Å². The van der Waals surface area contributed by atoms with Gasteiger partial charge in [-0.15, -0.1) is 0 Å². The number of nitrogens with one attached hydrogen (secondary N) is 1. The lowest BCUT2D eigenvalue weighted by Crippen LogP contribution is -2.26. The number of hydrogen-bond acceptors (Lipinski definition) is 6. The van der Waals surface area contributed by atoms with E-state index in [1.807, 2.05) is 0 Å². The Hall–Kier alpha value is -2.71. The average molecular weight is 296 g/mol. The first-order valence-electron chi connectivity index (χ1n) is 6.07. The number of carbonyl (C=O) groups excluding carboxylic acids is 1. The van der Waals surface area contributed by atoms with Crippen LogP contribution in [0.2, 0.25) is 0 Å². The van der Waals surface area contributed by atoms with Crippen LogP contribution < -0.4 is 11.1 Å². The molecule has 0 aromatic carbocycles. The molecule has 1 heterocycles. The minimum Gasteiger partial charge on any atom is -0.481 e. The van der Waals surface area contributed by atoms with Gasteiger partial charge in [-0.05, 0) is 26.3 Å². The van der Waals surface area contributed by atoms with E-state index in [0.29, 0.717) is 0 Å². The highest BCUT2D eigenvalue weighted by Crippen LogP contribution is 2.27. The highest BCUT2D eigenvalue weighted by molar-refractivity contribution is 5.98. The smallest absolute Gasteiger partial charge is 0.324 e. The van der Waals surface area contributed by atoms with Crippen molar-refractivity contribution < 1.29 is 19.6 Å². The minimum absolute atomic E-state index is 0.113. The summed E-state index contributed by atoms with van der Waals surface area (Å²) in [5.41, 5.74) is 3.33. The zero-order valence-electron chi connectivity index (χ0n) is 11.6. The molecule has 114 valence electrons. The van der Waals surface area contributed by atoms with E-state index in [1.165, 1.54) is 6.20 Å². The van der Waals surface area contributed by atoms with Gasteiger partial charge in [-0.3, -0.25) is 19.7 Å². The summed E-state index contributed by atoms with van der Waals surface area (Å²) in [6.07, 6.45) is 1.44. The SMILES string of the molecule is CC(C)(CCNc1nccc(C(N)=O)c1[N+](=O)[O-])C(=O)O. The first-order valence-corrected chi connectivity index (χ1v) is 6.07. The Morgan fingerprint density at radius 1 is 1.52 bits per heavy atom. The van der Waals surface area contributed by atoms with Crippen LogP contribution in [-0.4, -0.2) is 33.4 Å². The van der Waals surface area contributed by atoms with Crippen molar-refractivity contribution in [1.82, 2.24) is 4.98 Å². The van der Waals surface area contributed by atoms with Crippen LogP contribution in [-0.2, 0) is 4.79 Å². The average Bonchev–Trinajstić information content (AvgIpc) is 2.37. The maximum absolute atomic E-state index is 11.2. The number of nitrogens with zero attached hydrogens (tertiary/aromatic N) is 2. The van der Waals surface area contributed by atoms with E-state index in [0.717, 1.165) is 6.07 Å². The molecular formula is C12H16N4O5. The minimum atomic E-state index is -0.983. The van der Waals surface area contributed by atoms with Crippen LogP contribution in [0.4, 0.5) is 11.5 Å². The maximum atomic E-state index is 11.2. The highest BCUT2D eigenvalue weighted by Gasteiger charge is 2.28. The number of carbonyl (C=O) groups is 2. The number of rotatable bonds is 7. The monoisotopic (exact) mass is 296 g/mol. The van der Waals surface area contributed by atoms with Gasteiger partial charge in [-0.2, -0.15) is 0 Å². The molecule has 0 bridgehead atoms. The number of carboxylic acid groups (broad SMARTS) is 1. The zero-order valence-corrected chi connectivity index (χ0v) is 11.6. The summed E-state index contributed by atoms with van der Waals surface area (Å²) in [6.45, 7) is 3.23. The second-order valence-electron chi connectivity index (χ2n) is 5.04. The second-order valence-corrected chi connectivity index (χ2v) is 5.04. The number of nitrogens with two attached hydrogens (primary N) is 1. The fourth-order valence-electron chi connectivity index (χ4n) is 1.57. The molecule has 1 rings (SSSR count). The second kappa shape index (κ2) is 6.16. The van der Waals surface area contributed by atoms with Crippen LogP contribution in [0.15, 0.2) is 12.3 Å². The third-order valence-electron chi connectivity index (χ3n) is 2.99. The van der Waals surface area contributed by atoms with Crippen LogP contribution in [0.5, 0.6) is 0 Å². The number of hydrogen-bond donors (Lipinski definition) is 3. The van der Waals surface area contributed by atoms with Crippen molar-refractivity contribution >= 4 is 23.4 Å². The summed E-state index contributed by atoms with van der Waals surface area (Å²) in [4.78, 5) is 36.2. The van der Waals surface area contributed by atoms with Crippen LogP contribution in [0, 0.1) is 15.5 Å². The zero-order chi connectivity index (χ0) is 16.2. The Morgan fingerprint density at radius 2 is 2.14 bits per heavy atom. The summed E-state index contributed by atoms with van der Waals surface area (Å²) < 4.78 is 0. The van der Waals surface area contributed by atoms with Crippen LogP contribution in [0.3, 0.4) is 0 Å². The van der Waals surface area contributed by atoms with Gasteiger partial charge in [0.15, 0.2) is 0 Å². The Balaban J connectivity index is 2.94. The summed E-state index contributed by atoms with van der Waals surface area (Å²) in [5.74, 6) is -2.02. The predicted molar refractivity (Wildman–Crippen MR) is 73.9 cm³/mol. The molecule has 0 aliphatic rings. The molecule has 4 N–H and O–H groups in total. The van der Waals surface area contributed by atoms with Gasteiger partial charge in [0.1, 0.15) is 5.56 Å². The number of aromatic nitrogens is 1. The third-order valence-corrected chi connectivity index (χ3v) is 2.99. The van der Waals surface area contributed by atoms with Gasteiger partial charge in [0, 0.05) is 12.7 Å². The predicted octanol–water partition coefficient (Wildman–Crippen LogP) is 1.00. The normalized spacial score (nSPS) is 11.0. The number of nitro groups is 1. The maximum Gasteiger partial charge on any atom is 0.324 e. The number of anilines is 1. The van der Waals surface area contributed by atoms with Crippen LogP contribution in [0.1, 0.15) is 30.6 Å². The standard InChI is InChI=1S/C12H16N4O5/c1-12(2,11(18)19)4-6-15-10-8(16(20)21)7(9(13)17)3-5-14-10/h3,5H,4,6H2,1-2H3,(H2,13,17)(H,14,15)(H,18,19). The van der Waals surface area contributed by atoms with Gasteiger partial charge < -0.3 is 16.2 Å².